The average Bonchev–Trinajstić information content (AvgIpc) is 2.94. The van der Waals surface area contributed by atoms with Gasteiger partial charge in [-0.2, -0.15) is 0 Å². The van der Waals surface area contributed by atoms with Gasteiger partial charge in [0.1, 0.15) is 0 Å². The standard InChI is InChI=1S/C19H21NO3S/c21-19(20-13-15-11-12-24(22,23)14-15)18(16-7-3-1-4-8-16)17-9-5-2-6-10-17/h1-10,15,18H,11-14H2,(H,20,21). The molecule has 1 aliphatic rings. The number of benzene rings is 2. The normalized spacial score (nSPS) is 19.3. The highest BCUT2D eigenvalue weighted by molar-refractivity contribution is 7.91. The van der Waals surface area contributed by atoms with Crippen LogP contribution < -0.4 is 5.32 Å². The lowest BCUT2D eigenvalue weighted by Crippen LogP contribution is -2.34. The average molecular weight is 343 g/mol. The number of sulfone groups is 1. The first-order chi connectivity index (χ1) is 11.6. The molecule has 0 spiro atoms. The van der Waals surface area contributed by atoms with Crippen LogP contribution >= 0.6 is 0 Å². The number of carbonyl (C=O) groups excluding carboxylic acids is 1. The van der Waals surface area contributed by atoms with E-state index in [1.54, 1.807) is 0 Å². The SMILES string of the molecule is O=C(NCC1CCS(=O)(=O)C1)C(c1ccccc1)c1ccccc1. The molecular weight excluding hydrogens is 322 g/mol. The van der Waals surface area contributed by atoms with Crippen molar-refractivity contribution in [3.8, 4) is 0 Å². The van der Waals surface area contributed by atoms with Crippen molar-refractivity contribution in [1.82, 2.24) is 5.32 Å². The molecule has 1 saturated heterocycles. The highest BCUT2D eigenvalue weighted by Crippen LogP contribution is 2.25. The molecule has 4 nitrogen and oxygen atoms in total. The third kappa shape index (κ3) is 4.03. The maximum absolute atomic E-state index is 12.8. The van der Waals surface area contributed by atoms with E-state index in [4.69, 9.17) is 0 Å². The summed E-state index contributed by atoms with van der Waals surface area (Å²) >= 11 is 0. The van der Waals surface area contributed by atoms with Gasteiger partial charge in [-0.25, -0.2) is 8.42 Å². The van der Waals surface area contributed by atoms with Crippen LogP contribution in [0.25, 0.3) is 0 Å². The number of carbonyl (C=O) groups is 1. The van der Waals surface area contributed by atoms with E-state index >= 15 is 0 Å². The largest absolute Gasteiger partial charge is 0.355 e. The quantitative estimate of drug-likeness (QED) is 0.906. The Balaban J connectivity index is 1.75. The molecule has 0 bridgehead atoms. The first-order valence-corrected chi connectivity index (χ1v) is 9.95. The molecule has 0 aliphatic carbocycles. The number of amides is 1. The van der Waals surface area contributed by atoms with Crippen molar-refractivity contribution in [2.75, 3.05) is 18.1 Å². The summed E-state index contributed by atoms with van der Waals surface area (Å²) in [6.07, 6.45) is 0.629. The minimum Gasteiger partial charge on any atom is -0.355 e. The zero-order chi connectivity index (χ0) is 17.0. The maximum atomic E-state index is 12.8. The third-order valence-corrected chi connectivity index (χ3v) is 6.26. The van der Waals surface area contributed by atoms with Crippen molar-refractivity contribution in [1.29, 1.82) is 0 Å². The second kappa shape index (κ2) is 7.18. The van der Waals surface area contributed by atoms with E-state index in [1.807, 2.05) is 60.7 Å². The molecule has 0 aromatic heterocycles. The molecule has 1 fully saturated rings. The summed E-state index contributed by atoms with van der Waals surface area (Å²) in [6, 6.07) is 19.3. The van der Waals surface area contributed by atoms with Crippen molar-refractivity contribution in [3.05, 3.63) is 71.8 Å². The second-order valence-electron chi connectivity index (χ2n) is 6.27. The summed E-state index contributed by atoms with van der Waals surface area (Å²) in [7, 11) is -2.92. The monoisotopic (exact) mass is 343 g/mol. The summed E-state index contributed by atoms with van der Waals surface area (Å²) < 4.78 is 23.1. The van der Waals surface area contributed by atoms with Crippen molar-refractivity contribution in [2.24, 2.45) is 5.92 Å². The summed E-state index contributed by atoms with van der Waals surface area (Å²) in [5.74, 6) is -0.0450. The van der Waals surface area contributed by atoms with Crippen molar-refractivity contribution in [2.45, 2.75) is 12.3 Å². The molecule has 1 amide bonds. The number of hydrogen-bond donors (Lipinski definition) is 1. The van der Waals surface area contributed by atoms with Gasteiger partial charge in [-0.3, -0.25) is 4.79 Å². The smallest absolute Gasteiger partial charge is 0.232 e. The van der Waals surface area contributed by atoms with Crippen molar-refractivity contribution < 1.29 is 13.2 Å². The molecule has 0 saturated carbocycles. The maximum Gasteiger partial charge on any atom is 0.232 e. The van der Waals surface area contributed by atoms with Crippen LogP contribution in [0, 0.1) is 5.92 Å². The number of nitrogens with one attached hydrogen (secondary N) is 1. The molecule has 2 aromatic carbocycles. The van der Waals surface area contributed by atoms with Crippen LogP contribution in [0.3, 0.4) is 0 Å². The zero-order valence-corrected chi connectivity index (χ0v) is 14.2. The molecule has 5 heteroatoms. The molecule has 1 aliphatic heterocycles. The lowest BCUT2D eigenvalue weighted by Gasteiger charge is -2.19. The topological polar surface area (TPSA) is 63.2 Å². The molecule has 1 N–H and O–H groups in total. The van der Waals surface area contributed by atoms with Gasteiger partial charge in [-0.1, -0.05) is 60.7 Å². The summed E-state index contributed by atoms with van der Waals surface area (Å²) in [5.41, 5.74) is 1.86. The third-order valence-electron chi connectivity index (χ3n) is 4.42. The first kappa shape index (κ1) is 16.7. The summed E-state index contributed by atoms with van der Waals surface area (Å²) in [5, 5.41) is 2.96. The highest BCUT2D eigenvalue weighted by atomic mass is 32.2. The molecule has 1 heterocycles. The molecule has 24 heavy (non-hydrogen) atoms. The van der Waals surface area contributed by atoms with E-state index in [0.29, 0.717) is 13.0 Å². The number of hydrogen-bond acceptors (Lipinski definition) is 3. The second-order valence-corrected chi connectivity index (χ2v) is 8.50. The van der Waals surface area contributed by atoms with Gasteiger partial charge >= 0.3 is 0 Å². The molecule has 3 rings (SSSR count). The molecule has 126 valence electrons. The van der Waals surface area contributed by atoms with Crippen molar-refractivity contribution in [3.63, 3.8) is 0 Å². The van der Waals surface area contributed by atoms with Gasteiger partial charge < -0.3 is 5.32 Å². The summed E-state index contributed by atoms with van der Waals surface area (Å²) in [6.45, 7) is 0.411. The van der Waals surface area contributed by atoms with Crippen molar-refractivity contribution >= 4 is 15.7 Å². The fourth-order valence-electron chi connectivity index (χ4n) is 3.17. The van der Waals surface area contributed by atoms with Gasteiger partial charge in [0.15, 0.2) is 9.84 Å². The van der Waals surface area contributed by atoms with Crippen LogP contribution in [0.1, 0.15) is 23.5 Å². The van der Waals surface area contributed by atoms with E-state index in [1.165, 1.54) is 0 Å². The van der Waals surface area contributed by atoms with Gasteiger partial charge in [0.05, 0.1) is 17.4 Å². The van der Waals surface area contributed by atoms with E-state index < -0.39 is 9.84 Å². The van der Waals surface area contributed by atoms with Crippen LogP contribution in [0.4, 0.5) is 0 Å². The number of rotatable bonds is 5. The van der Waals surface area contributed by atoms with E-state index in [-0.39, 0.29) is 29.2 Å². The van der Waals surface area contributed by atoms with Gasteiger partial charge in [-0.05, 0) is 23.5 Å². The minimum atomic E-state index is -2.92. The molecule has 1 unspecified atom stereocenters. The van der Waals surface area contributed by atoms with Crippen LogP contribution in [-0.2, 0) is 14.6 Å². The fourth-order valence-corrected chi connectivity index (χ4v) is 5.03. The fraction of sp³-hybridized carbons (Fsp3) is 0.316. The van der Waals surface area contributed by atoms with Crippen LogP contribution in [0.2, 0.25) is 0 Å². The van der Waals surface area contributed by atoms with E-state index in [9.17, 15) is 13.2 Å². The van der Waals surface area contributed by atoms with Gasteiger partial charge in [-0.15, -0.1) is 0 Å². The Morgan fingerprint density at radius 3 is 2.00 bits per heavy atom. The predicted octanol–water partition coefficient (Wildman–Crippen LogP) is 2.37. The Morgan fingerprint density at radius 2 is 1.54 bits per heavy atom. The van der Waals surface area contributed by atoms with Crippen LogP contribution in [0.5, 0.6) is 0 Å². The Hall–Kier alpha value is -2.14. The van der Waals surface area contributed by atoms with E-state index in [0.717, 1.165) is 11.1 Å². The minimum absolute atomic E-state index is 0.0196. The van der Waals surface area contributed by atoms with Gasteiger partial charge in [0.2, 0.25) is 5.91 Å². The van der Waals surface area contributed by atoms with Crippen LogP contribution in [0.15, 0.2) is 60.7 Å². The molecule has 1 atom stereocenters. The summed E-state index contributed by atoms with van der Waals surface area (Å²) in [4.78, 5) is 12.8. The van der Waals surface area contributed by atoms with E-state index in [2.05, 4.69) is 5.32 Å². The van der Waals surface area contributed by atoms with Gasteiger partial charge in [0, 0.05) is 6.54 Å². The first-order valence-electron chi connectivity index (χ1n) is 8.13. The Labute approximate surface area is 142 Å². The lowest BCUT2D eigenvalue weighted by molar-refractivity contribution is -0.121. The molecular formula is C19H21NO3S. The Kier molecular flexibility index (Phi) is 5.00. The Morgan fingerprint density at radius 1 is 1.00 bits per heavy atom. The molecule has 2 aromatic rings. The highest BCUT2D eigenvalue weighted by Gasteiger charge is 2.29. The predicted molar refractivity (Wildman–Crippen MR) is 94.5 cm³/mol. The zero-order valence-electron chi connectivity index (χ0n) is 13.4. The molecule has 0 radical (unpaired) electrons. The lowest BCUT2D eigenvalue weighted by atomic mass is 9.90. The van der Waals surface area contributed by atoms with Crippen LogP contribution in [-0.4, -0.2) is 32.4 Å². The Bertz CT molecular complexity index is 748. The van der Waals surface area contributed by atoms with Gasteiger partial charge in [0.25, 0.3) is 0 Å².